The number of nitrogens with one attached hydrogen (secondary N) is 1. The second-order valence-corrected chi connectivity index (χ2v) is 4.71. The van der Waals surface area contributed by atoms with Crippen LogP contribution >= 0.6 is 15.9 Å². The van der Waals surface area contributed by atoms with Crippen molar-refractivity contribution >= 4 is 27.4 Å². The van der Waals surface area contributed by atoms with Gasteiger partial charge in [-0.3, -0.25) is 10.1 Å². The first kappa shape index (κ1) is 12.3. The Hall–Kier alpha value is -1.21. The molecule has 1 aliphatic heterocycles. The fourth-order valence-corrected chi connectivity index (χ4v) is 2.04. The summed E-state index contributed by atoms with van der Waals surface area (Å²) in [6.07, 6.45) is 3.68. The minimum Gasteiger partial charge on any atom is -0.376 e. The highest BCUT2D eigenvalue weighted by Crippen LogP contribution is 2.25. The predicted octanol–water partition coefficient (Wildman–Crippen LogP) is 2.34. The van der Waals surface area contributed by atoms with E-state index in [-0.39, 0.29) is 17.6 Å². The lowest BCUT2D eigenvalue weighted by Gasteiger charge is -2.11. The molecule has 2 rings (SSSR count). The Morgan fingerprint density at radius 3 is 3.18 bits per heavy atom. The van der Waals surface area contributed by atoms with Gasteiger partial charge in [-0.2, -0.15) is 0 Å². The Morgan fingerprint density at radius 1 is 1.71 bits per heavy atom. The van der Waals surface area contributed by atoms with Gasteiger partial charge in [0.25, 0.3) is 0 Å². The van der Waals surface area contributed by atoms with Gasteiger partial charge in [0.1, 0.15) is 0 Å². The monoisotopic (exact) mass is 301 g/mol. The molecule has 0 saturated carbocycles. The van der Waals surface area contributed by atoms with Gasteiger partial charge in [-0.05, 0) is 28.8 Å². The lowest BCUT2D eigenvalue weighted by Crippen LogP contribution is -2.19. The molecule has 1 aromatic rings. The zero-order chi connectivity index (χ0) is 12.3. The average molecular weight is 302 g/mol. The standard InChI is InChI=1S/C10H12BrN3O3/c11-7-4-9(14(15)16)10(12-5-7)13-6-8-2-1-3-17-8/h4-5,8H,1-3,6H2,(H,12,13)/t8-/m1/s1. The van der Waals surface area contributed by atoms with E-state index in [4.69, 9.17) is 4.74 Å². The number of nitro groups is 1. The number of hydrogen-bond acceptors (Lipinski definition) is 5. The maximum atomic E-state index is 10.8. The molecule has 1 aromatic heterocycles. The molecule has 17 heavy (non-hydrogen) atoms. The summed E-state index contributed by atoms with van der Waals surface area (Å²) in [5.74, 6) is 0.286. The minimum atomic E-state index is -0.449. The van der Waals surface area contributed by atoms with Gasteiger partial charge < -0.3 is 10.1 Å². The van der Waals surface area contributed by atoms with Crippen molar-refractivity contribution in [3.8, 4) is 0 Å². The van der Waals surface area contributed by atoms with Crippen LogP contribution in [0.3, 0.4) is 0 Å². The predicted molar refractivity (Wildman–Crippen MR) is 66.1 cm³/mol. The van der Waals surface area contributed by atoms with Crippen molar-refractivity contribution in [2.75, 3.05) is 18.5 Å². The van der Waals surface area contributed by atoms with Gasteiger partial charge in [0.05, 0.1) is 11.0 Å². The number of rotatable bonds is 4. The van der Waals surface area contributed by atoms with E-state index in [2.05, 4.69) is 26.2 Å². The molecule has 92 valence electrons. The van der Waals surface area contributed by atoms with Crippen LogP contribution in [0.25, 0.3) is 0 Å². The molecular weight excluding hydrogens is 290 g/mol. The summed E-state index contributed by atoms with van der Waals surface area (Å²) >= 11 is 3.16. The third-order valence-electron chi connectivity index (χ3n) is 2.55. The fourth-order valence-electron chi connectivity index (χ4n) is 1.72. The number of pyridine rings is 1. The molecule has 0 unspecified atom stereocenters. The summed E-state index contributed by atoms with van der Waals surface area (Å²) in [6, 6.07) is 1.44. The van der Waals surface area contributed by atoms with E-state index in [0.29, 0.717) is 11.0 Å². The molecule has 0 aromatic carbocycles. The summed E-state index contributed by atoms with van der Waals surface area (Å²) in [5, 5.41) is 13.8. The summed E-state index contributed by atoms with van der Waals surface area (Å²) in [6.45, 7) is 1.32. The maximum absolute atomic E-state index is 10.8. The van der Waals surface area contributed by atoms with Crippen LogP contribution in [0.2, 0.25) is 0 Å². The van der Waals surface area contributed by atoms with E-state index in [1.54, 1.807) is 0 Å². The second-order valence-electron chi connectivity index (χ2n) is 3.79. The number of aromatic nitrogens is 1. The molecule has 0 radical (unpaired) electrons. The largest absolute Gasteiger partial charge is 0.376 e. The van der Waals surface area contributed by atoms with Crippen LogP contribution in [0.15, 0.2) is 16.7 Å². The first-order valence-corrected chi connectivity index (χ1v) is 6.11. The van der Waals surface area contributed by atoms with Crippen LogP contribution in [0, 0.1) is 10.1 Å². The zero-order valence-electron chi connectivity index (χ0n) is 9.06. The van der Waals surface area contributed by atoms with Crippen molar-refractivity contribution in [2.45, 2.75) is 18.9 Å². The third kappa shape index (κ3) is 3.13. The molecule has 7 heteroatoms. The molecule has 0 amide bonds. The van der Waals surface area contributed by atoms with Crippen LogP contribution in [0.5, 0.6) is 0 Å². The molecule has 1 N–H and O–H groups in total. The normalized spacial score (nSPS) is 19.2. The Morgan fingerprint density at radius 2 is 2.53 bits per heavy atom. The zero-order valence-corrected chi connectivity index (χ0v) is 10.6. The molecule has 6 nitrogen and oxygen atoms in total. The summed E-state index contributed by atoms with van der Waals surface area (Å²) in [4.78, 5) is 14.4. The summed E-state index contributed by atoms with van der Waals surface area (Å²) in [5.41, 5.74) is -0.0302. The highest BCUT2D eigenvalue weighted by molar-refractivity contribution is 9.10. The first-order valence-electron chi connectivity index (χ1n) is 5.32. The minimum absolute atomic E-state index is 0.0302. The number of hydrogen-bond donors (Lipinski definition) is 1. The van der Waals surface area contributed by atoms with Crippen molar-refractivity contribution in [3.05, 3.63) is 26.9 Å². The lowest BCUT2D eigenvalue weighted by atomic mass is 10.2. The number of nitrogens with zero attached hydrogens (tertiary/aromatic N) is 2. The van der Waals surface area contributed by atoms with E-state index in [0.717, 1.165) is 19.4 Å². The van der Waals surface area contributed by atoms with Crippen LogP contribution < -0.4 is 5.32 Å². The van der Waals surface area contributed by atoms with Gasteiger partial charge in [0.2, 0.25) is 5.82 Å². The van der Waals surface area contributed by atoms with E-state index in [1.165, 1.54) is 12.3 Å². The Balaban J connectivity index is 2.06. The average Bonchev–Trinajstić information content (AvgIpc) is 2.80. The van der Waals surface area contributed by atoms with E-state index >= 15 is 0 Å². The van der Waals surface area contributed by atoms with Crippen LogP contribution in [-0.2, 0) is 4.74 Å². The van der Waals surface area contributed by atoms with E-state index in [9.17, 15) is 10.1 Å². The number of halogens is 1. The fraction of sp³-hybridized carbons (Fsp3) is 0.500. The van der Waals surface area contributed by atoms with Crippen LogP contribution in [-0.4, -0.2) is 29.2 Å². The molecule has 1 fully saturated rings. The van der Waals surface area contributed by atoms with Crippen molar-refractivity contribution in [1.29, 1.82) is 0 Å². The van der Waals surface area contributed by atoms with Gasteiger partial charge in [-0.15, -0.1) is 0 Å². The SMILES string of the molecule is O=[N+]([O-])c1cc(Br)cnc1NC[C@H]1CCCO1. The number of ether oxygens (including phenoxy) is 1. The molecule has 1 saturated heterocycles. The Bertz CT molecular complexity index is 421. The van der Waals surface area contributed by atoms with Gasteiger partial charge in [-0.25, -0.2) is 4.98 Å². The topological polar surface area (TPSA) is 77.3 Å². The molecular formula is C10H12BrN3O3. The highest BCUT2D eigenvalue weighted by atomic mass is 79.9. The smallest absolute Gasteiger partial charge is 0.312 e. The molecule has 1 atom stereocenters. The van der Waals surface area contributed by atoms with Crippen molar-refractivity contribution in [3.63, 3.8) is 0 Å². The van der Waals surface area contributed by atoms with Crippen molar-refractivity contribution in [2.24, 2.45) is 0 Å². The van der Waals surface area contributed by atoms with Gasteiger partial charge in [0, 0.05) is 29.9 Å². The molecule has 2 heterocycles. The van der Waals surface area contributed by atoms with E-state index in [1.807, 2.05) is 0 Å². The van der Waals surface area contributed by atoms with Gasteiger partial charge in [-0.1, -0.05) is 0 Å². The summed E-state index contributed by atoms with van der Waals surface area (Å²) in [7, 11) is 0. The van der Waals surface area contributed by atoms with E-state index < -0.39 is 4.92 Å². The third-order valence-corrected chi connectivity index (χ3v) is 2.99. The van der Waals surface area contributed by atoms with Crippen molar-refractivity contribution in [1.82, 2.24) is 4.98 Å². The maximum Gasteiger partial charge on any atom is 0.312 e. The van der Waals surface area contributed by atoms with Gasteiger partial charge >= 0.3 is 5.69 Å². The molecule has 0 spiro atoms. The molecule has 0 bridgehead atoms. The van der Waals surface area contributed by atoms with Gasteiger partial charge in [0.15, 0.2) is 0 Å². The Kier molecular flexibility index (Phi) is 3.90. The summed E-state index contributed by atoms with van der Waals surface area (Å²) < 4.78 is 6.02. The van der Waals surface area contributed by atoms with Crippen molar-refractivity contribution < 1.29 is 9.66 Å². The lowest BCUT2D eigenvalue weighted by molar-refractivity contribution is -0.384. The molecule has 1 aliphatic rings. The number of anilines is 1. The first-order chi connectivity index (χ1) is 8.16. The van der Waals surface area contributed by atoms with Crippen LogP contribution in [0.1, 0.15) is 12.8 Å². The Labute approximate surface area is 107 Å². The highest BCUT2D eigenvalue weighted by Gasteiger charge is 2.19. The quantitative estimate of drug-likeness (QED) is 0.682. The molecule has 0 aliphatic carbocycles. The van der Waals surface area contributed by atoms with Crippen LogP contribution in [0.4, 0.5) is 11.5 Å². The second kappa shape index (κ2) is 5.42.